The number of rotatable bonds is 2. The van der Waals surface area contributed by atoms with E-state index in [2.05, 4.69) is 29.7 Å². The van der Waals surface area contributed by atoms with Crippen LogP contribution in [0.2, 0.25) is 0 Å². The van der Waals surface area contributed by atoms with Crippen LogP contribution in [0.1, 0.15) is 18.2 Å². The third-order valence-corrected chi connectivity index (χ3v) is 7.20. The number of thiophene rings is 1. The standard InChI is InChI=1S/C16H18N6O2S2/c1-10-8-25-15-14(10)17-9-18-16(15)21-4-5-22-12(7-21)13(6-19-22)26(3,24)20-11(2)23/h6,8-9H,4-5,7H2,1-3H3. The first kappa shape index (κ1) is 17.1. The molecule has 1 aliphatic heterocycles. The molecule has 26 heavy (non-hydrogen) atoms. The number of carbonyl (C=O) groups is 1. The van der Waals surface area contributed by atoms with Crippen molar-refractivity contribution >= 4 is 43.0 Å². The highest BCUT2D eigenvalue weighted by atomic mass is 32.2. The minimum atomic E-state index is -2.82. The molecule has 0 fully saturated rings. The first-order valence-electron chi connectivity index (χ1n) is 8.08. The Morgan fingerprint density at radius 3 is 2.92 bits per heavy atom. The summed E-state index contributed by atoms with van der Waals surface area (Å²) in [6.45, 7) is 5.25. The van der Waals surface area contributed by atoms with E-state index in [1.54, 1.807) is 23.9 Å². The molecule has 10 heteroatoms. The fraction of sp³-hybridized carbons (Fsp3) is 0.375. The fourth-order valence-corrected chi connectivity index (χ4v) is 5.65. The summed E-state index contributed by atoms with van der Waals surface area (Å²) < 4.78 is 19.6. The van der Waals surface area contributed by atoms with Gasteiger partial charge in [0.05, 0.1) is 49.8 Å². The minimum Gasteiger partial charge on any atom is -0.348 e. The summed E-state index contributed by atoms with van der Waals surface area (Å²) in [5.74, 6) is 0.425. The van der Waals surface area contributed by atoms with E-state index in [0.29, 0.717) is 18.0 Å². The molecule has 1 aliphatic rings. The predicted octanol–water partition coefficient (Wildman–Crippen LogP) is 2.22. The Morgan fingerprint density at radius 2 is 2.15 bits per heavy atom. The van der Waals surface area contributed by atoms with Gasteiger partial charge in [0.2, 0.25) is 0 Å². The Balaban J connectivity index is 1.78. The molecule has 136 valence electrons. The number of amides is 1. The second-order valence-corrected chi connectivity index (χ2v) is 9.41. The van der Waals surface area contributed by atoms with Gasteiger partial charge in [0.15, 0.2) is 0 Å². The SMILES string of the molecule is CC(=O)N=S(C)(=O)c1cnn2c1CN(c1ncnc3c(C)csc13)CC2. The van der Waals surface area contributed by atoms with Crippen molar-refractivity contribution < 1.29 is 9.00 Å². The predicted molar refractivity (Wildman–Crippen MR) is 101 cm³/mol. The second kappa shape index (κ2) is 6.13. The number of hydrogen-bond donors (Lipinski definition) is 0. The summed E-state index contributed by atoms with van der Waals surface area (Å²) in [7, 11) is -2.82. The van der Waals surface area contributed by atoms with Crippen LogP contribution >= 0.6 is 11.3 Å². The zero-order chi connectivity index (χ0) is 18.5. The lowest BCUT2D eigenvalue weighted by Crippen LogP contribution is -2.35. The molecule has 3 aromatic rings. The lowest BCUT2D eigenvalue weighted by Gasteiger charge is -2.29. The maximum atomic E-state index is 12.9. The number of aryl methyl sites for hydroxylation is 1. The molecule has 0 bridgehead atoms. The van der Waals surface area contributed by atoms with Crippen LogP contribution in [0, 0.1) is 6.92 Å². The Hall–Kier alpha value is -2.33. The van der Waals surface area contributed by atoms with E-state index in [-0.39, 0.29) is 0 Å². The molecule has 0 aromatic carbocycles. The van der Waals surface area contributed by atoms with Crippen LogP contribution in [-0.2, 0) is 27.6 Å². The van der Waals surface area contributed by atoms with Crippen molar-refractivity contribution in [1.82, 2.24) is 19.7 Å². The molecule has 0 radical (unpaired) electrons. The van der Waals surface area contributed by atoms with Gasteiger partial charge in [0, 0.05) is 19.7 Å². The Bertz CT molecular complexity index is 1140. The van der Waals surface area contributed by atoms with Gasteiger partial charge in [-0.1, -0.05) is 0 Å². The molecule has 8 nitrogen and oxygen atoms in total. The van der Waals surface area contributed by atoms with Crippen LogP contribution in [0.3, 0.4) is 0 Å². The van der Waals surface area contributed by atoms with Crippen molar-refractivity contribution in [2.24, 2.45) is 4.36 Å². The molecule has 4 rings (SSSR count). The average molecular weight is 390 g/mol. The molecule has 0 aliphatic carbocycles. The number of hydrogen-bond acceptors (Lipinski definition) is 7. The van der Waals surface area contributed by atoms with Crippen LogP contribution in [0.25, 0.3) is 10.2 Å². The van der Waals surface area contributed by atoms with Crippen LogP contribution < -0.4 is 4.90 Å². The van der Waals surface area contributed by atoms with Gasteiger partial charge in [-0.15, -0.1) is 11.3 Å². The maximum Gasteiger partial charge on any atom is 0.250 e. The number of aromatic nitrogens is 4. The van der Waals surface area contributed by atoms with Gasteiger partial charge in [-0.05, 0) is 17.9 Å². The second-order valence-electron chi connectivity index (χ2n) is 6.31. The van der Waals surface area contributed by atoms with Crippen molar-refractivity contribution in [1.29, 1.82) is 0 Å². The van der Waals surface area contributed by atoms with Gasteiger partial charge >= 0.3 is 0 Å². The third kappa shape index (κ3) is 2.78. The molecule has 0 saturated heterocycles. The summed E-state index contributed by atoms with van der Waals surface area (Å²) in [4.78, 5) is 22.9. The van der Waals surface area contributed by atoms with E-state index in [4.69, 9.17) is 0 Å². The first-order valence-corrected chi connectivity index (χ1v) is 10.9. The van der Waals surface area contributed by atoms with Crippen LogP contribution in [-0.4, -0.2) is 42.7 Å². The van der Waals surface area contributed by atoms with Gasteiger partial charge in [-0.25, -0.2) is 14.2 Å². The summed E-state index contributed by atoms with van der Waals surface area (Å²) in [5.41, 5.74) is 2.91. The summed E-state index contributed by atoms with van der Waals surface area (Å²) >= 11 is 1.63. The highest BCUT2D eigenvalue weighted by Gasteiger charge is 2.26. The maximum absolute atomic E-state index is 12.9. The van der Waals surface area contributed by atoms with Crippen molar-refractivity contribution in [2.45, 2.75) is 31.8 Å². The van der Waals surface area contributed by atoms with Gasteiger partial charge in [-0.2, -0.15) is 9.46 Å². The molecular weight excluding hydrogens is 372 g/mol. The van der Waals surface area contributed by atoms with E-state index in [1.807, 2.05) is 11.6 Å². The van der Waals surface area contributed by atoms with E-state index >= 15 is 0 Å². The Morgan fingerprint density at radius 1 is 1.35 bits per heavy atom. The summed E-state index contributed by atoms with van der Waals surface area (Å²) in [6.07, 6.45) is 4.63. The van der Waals surface area contributed by atoms with Crippen LogP contribution in [0.5, 0.6) is 0 Å². The van der Waals surface area contributed by atoms with Crippen molar-refractivity contribution in [3.63, 3.8) is 0 Å². The third-order valence-electron chi connectivity index (χ3n) is 4.36. The molecule has 0 saturated carbocycles. The average Bonchev–Trinajstić information content (AvgIpc) is 3.17. The van der Waals surface area contributed by atoms with E-state index in [0.717, 1.165) is 33.8 Å². The molecule has 4 heterocycles. The first-order chi connectivity index (χ1) is 12.4. The highest BCUT2D eigenvalue weighted by molar-refractivity contribution is 7.93. The fourth-order valence-electron chi connectivity index (χ4n) is 3.19. The molecule has 3 aromatic heterocycles. The van der Waals surface area contributed by atoms with E-state index in [1.165, 1.54) is 13.2 Å². The van der Waals surface area contributed by atoms with Crippen molar-refractivity contribution in [2.75, 3.05) is 17.7 Å². The van der Waals surface area contributed by atoms with Crippen molar-refractivity contribution in [3.05, 3.63) is 29.2 Å². The lowest BCUT2D eigenvalue weighted by molar-refractivity contribution is -0.115. The number of nitrogens with zero attached hydrogens (tertiary/aromatic N) is 6. The van der Waals surface area contributed by atoms with E-state index < -0.39 is 15.6 Å². The van der Waals surface area contributed by atoms with Gasteiger partial charge in [0.25, 0.3) is 5.91 Å². The van der Waals surface area contributed by atoms with Crippen molar-refractivity contribution in [3.8, 4) is 0 Å². The molecule has 0 spiro atoms. The van der Waals surface area contributed by atoms with Crippen LogP contribution in [0.15, 0.2) is 27.2 Å². The largest absolute Gasteiger partial charge is 0.348 e. The smallest absolute Gasteiger partial charge is 0.250 e. The molecule has 1 unspecified atom stereocenters. The van der Waals surface area contributed by atoms with E-state index in [9.17, 15) is 9.00 Å². The molecule has 0 N–H and O–H groups in total. The van der Waals surface area contributed by atoms with Gasteiger partial charge in [0.1, 0.15) is 12.1 Å². The quantitative estimate of drug-likeness (QED) is 0.666. The number of anilines is 1. The topological polar surface area (TPSA) is 93.3 Å². The Labute approximate surface area is 155 Å². The summed E-state index contributed by atoms with van der Waals surface area (Å²) in [5, 5.41) is 6.41. The molecule has 1 atom stereocenters. The Kier molecular flexibility index (Phi) is 4.03. The highest BCUT2D eigenvalue weighted by Crippen LogP contribution is 2.33. The lowest BCUT2D eigenvalue weighted by atomic mass is 10.2. The number of carbonyl (C=O) groups excluding carboxylic acids is 1. The monoisotopic (exact) mass is 390 g/mol. The van der Waals surface area contributed by atoms with Gasteiger partial charge in [-0.3, -0.25) is 9.48 Å². The minimum absolute atomic E-state index is 0.448. The zero-order valence-corrected chi connectivity index (χ0v) is 16.3. The summed E-state index contributed by atoms with van der Waals surface area (Å²) in [6, 6.07) is 0. The normalized spacial score (nSPS) is 16.3. The van der Waals surface area contributed by atoms with Gasteiger partial charge < -0.3 is 4.90 Å². The molecule has 1 amide bonds. The number of fused-ring (bicyclic) bond motifs is 2. The molecular formula is C16H18N6O2S2. The zero-order valence-electron chi connectivity index (χ0n) is 14.7. The van der Waals surface area contributed by atoms with Crippen LogP contribution in [0.4, 0.5) is 5.82 Å².